The maximum atomic E-state index is 13.1. The molecule has 0 heterocycles. The van der Waals surface area contributed by atoms with Crippen LogP contribution in [0.4, 0.5) is 17.6 Å². The predicted molar refractivity (Wildman–Crippen MR) is 41.7 cm³/mol. The number of halogens is 5. The molecule has 0 aliphatic heterocycles. The van der Waals surface area contributed by atoms with E-state index in [1.165, 1.54) is 12.2 Å². The van der Waals surface area contributed by atoms with Gasteiger partial charge in [0.1, 0.15) is 0 Å². The van der Waals surface area contributed by atoms with Crippen LogP contribution < -0.4 is 0 Å². The van der Waals surface area contributed by atoms with Crippen LogP contribution in [0.3, 0.4) is 0 Å². The van der Waals surface area contributed by atoms with E-state index in [0.29, 0.717) is 4.48 Å². The maximum absolute atomic E-state index is 13.1. The molecule has 0 saturated carbocycles. The van der Waals surface area contributed by atoms with Crippen LogP contribution >= 0.6 is 15.9 Å². The first-order chi connectivity index (χ1) is 5.81. The number of alkyl halides is 4. The monoisotopic (exact) mass is 260 g/mol. The van der Waals surface area contributed by atoms with Crippen molar-refractivity contribution in [2.24, 2.45) is 0 Å². The Hall–Kier alpha value is -0.360. The third-order valence-electron chi connectivity index (χ3n) is 1.35. The number of rotatable bonds is 1. The highest BCUT2D eigenvalue weighted by Crippen LogP contribution is 2.34. The molecule has 6 heteroatoms. The zero-order valence-electron chi connectivity index (χ0n) is 6.24. The molecule has 0 spiro atoms. The van der Waals surface area contributed by atoms with Crippen LogP contribution in [-0.2, 0) is 4.74 Å². The average Bonchev–Trinajstić information content (AvgIpc) is 1.92. The van der Waals surface area contributed by atoms with Gasteiger partial charge in [-0.15, -0.1) is 13.2 Å². The van der Waals surface area contributed by atoms with E-state index in [1.54, 1.807) is 0 Å². The first kappa shape index (κ1) is 10.7. The minimum atomic E-state index is -4.96. The Kier molecular flexibility index (Phi) is 2.82. The third-order valence-corrected chi connectivity index (χ3v) is 1.94. The number of allylic oxidation sites excluding steroid dienone is 2. The van der Waals surface area contributed by atoms with Gasteiger partial charge < -0.3 is 0 Å². The molecule has 0 aromatic heterocycles. The minimum absolute atomic E-state index is 0.455. The first-order valence-corrected chi connectivity index (χ1v) is 4.11. The normalized spacial score (nSPS) is 28.8. The summed E-state index contributed by atoms with van der Waals surface area (Å²) in [6, 6.07) is 0. The molecule has 1 unspecified atom stereocenters. The smallest absolute Gasteiger partial charge is 0.250 e. The Labute approximate surface area is 80.2 Å². The second-order valence-electron chi connectivity index (χ2n) is 2.46. The van der Waals surface area contributed by atoms with E-state index in [-0.39, 0.29) is 0 Å². The number of hydrogen-bond donors (Lipinski definition) is 0. The van der Waals surface area contributed by atoms with Gasteiger partial charge in [-0.3, -0.25) is 4.74 Å². The lowest BCUT2D eigenvalue weighted by Gasteiger charge is -2.24. The van der Waals surface area contributed by atoms with E-state index in [9.17, 15) is 17.6 Å². The summed E-state index contributed by atoms with van der Waals surface area (Å²) in [5.41, 5.74) is 0. The van der Waals surface area contributed by atoms with Gasteiger partial charge in [-0.05, 0) is 12.2 Å². The SMILES string of the molecule is FC(F)(F)OC1(F)C=CC(Br)=CC1. The lowest BCUT2D eigenvalue weighted by molar-refractivity contribution is -0.380. The fourth-order valence-corrected chi connectivity index (χ4v) is 1.14. The number of ether oxygens (including phenoxy) is 1. The Morgan fingerprint density at radius 3 is 2.46 bits per heavy atom. The Balaban J connectivity index is 2.66. The minimum Gasteiger partial charge on any atom is -0.250 e. The Morgan fingerprint density at radius 1 is 1.46 bits per heavy atom. The fourth-order valence-electron chi connectivity index (χ4n) is 0.845. The second-order valence-corrected chi connectivity index (χ2v) is 3.38. The summed E-state index contributed by atoms with van der Waals surface area (Å²) in [4.78, 5) is 0. The zero-order valence-corrected chi connectivity index (χ0v) is 7.82. The lowest BCUT2D eigenvalue weighted by atomic mass is 10.1. The summed E-state index contributed by atoms with van der Waals surface area (Å²) in [6.45, 7) is 0. The molecule has 1 rings (SSSR count). The lowest BCUT2D eigenvalue weighted by Crippen LogP contribution is -2.32. The van der Waals surface area contributed by atoms with Gasteiger partial charge in [-0.25, -0.2) is 4.39 Å². The van der Waals surface area contributed by atoms with Crippen molar-refractivity contribution in [1.29, 1.82) is 0 Å². The van der Waals surface area contributed by atoms with Crippen molar-refractivity contribution in [2.45, 2.75) is 18.6 Å². The van der Waals surface area contributed by atoms with E-state index in [2.05, 4.69) is 20.7 Å². The summed E-state index contributed by atoms with van der Waals surface area (Å²) in [6.07, 6.45) is -2.24. The van der Waals surface area contributed by atoms with E-state index < -0.39 is 18.6 Å². The Bertz CT molecular complexity index is 258. The largest absolute Gasteiger partial charge is 0.525 e. The van der Waals surface area contributed by atoms with Crippen LogP contribution in [0, 0.1) is 0 Å². The molecule has 0 fully saturated rings. The first-order valence-electron chi connectivity index (χ1n) is 3.31. The molecular weight excluding hydrogens is 256 g/mol. The van der Waals surface area contributed by atoms with E-state index >= 15 is 0 Å². The van der Waals surface area contributed by atoms with Gasteiger partial charge in [-0.2, -0.15) is 0 Å². The van der Waals surface area contributed by atoms with Crippen molar-refractivity contribution in [2.75, 3.05) is 0 Å². The van der Waals surface area contributed by atoms with Crippen LogP contribution in [0.25, 0.3) is 0 Å². The van der Waals surface area contributed by atoms with Gasteiger partial charge in [0.25, 0.3) is 0 Å². The van der Waals surface area contributed by atoms with Crippen molar-refractivity contribution in [3.8, 4) is 0 Å². The van der Waals surface area contributed by atoms with Crippen molar-refractivity contribution >= 4 is 15.9 Å². The van der Waals surface area contributed by atoms with Gasteiger partial charge >= 0.3 is 6.36 Å². The molecule has 0 aromatic rings. The fraction of sp³-hybridized carbons (Fsp3) is 0.429. The molecule has 0 N–H and O–H groups in total. The van der Waals surface area contributed by atoms with Crippen molar-refractivity contribution in [3.05, 3.63) is 22.7 Å². The zero-order chi connectivity index (χ0) is 10.1. The summed E-state index contributed by atoms with van der Waals surface area (Å²) < 4.78 is 51.9. The van der Waals surface area contributed by atoms with Gasteiger partial charge in [0.05, 0.1) is 0 Å². The molecule has 1 atom stereocenters. The highest BCUT2D eigenvalue weighted by Gasteiger charge is 2.42. The van der Waals surface area contributed by atoms with E-state index in [0.717, 1.165) is 6.08 Å². The summed E-state index contributed by atoms with van der Waals surface area (Å²) in [5, 5.41) is 0. The second kappa shape index (κ2) is 3.42. The van der Waals surface area contributed by atoms with E-state index in [1.807, 2.05) is 0 Å². The summed E-state index contributed by atoms with van der Waals surface area (Å²) >= 11 is 2.99. The van der Waals surface area contributed by atoms with Crippen LogP contribution in [0.5, 0.6) is 0 Å². The van der Waals surface area contributed by atoms with Crippen LogP contribution in [0.1, 0.15) is 6.42 Å². The molecular formula is C7H5BrF4O. The van der Waals surface area contributed by atoms with Gasteiger partial charge in [0, 0.05) is 10.9 Å². The third kappa shape index (κ3) is 3.48. The highest BCUT2D eigenvalue weighted by molar-refractivity contribution is 9.11. The van der Waals surface area contributed by atoms with Crippen molar-refractivity contribution in [3.63, 3.8) is 0 Å². The average molecular weight is 261 g/mol. The topological polar surface area (TPSA) is 9.23 Å². The molecule has 1 aliphatic carbocycles. The van der Waals surface area contributed by atoms with Crippen molar-refractivity contribution in [1.82, 2.24) is 0 Å². The van der Waals surface area contributed by atoms with Crippen LogP contribution in [-0.4, -0.2) is 12.2 Å². The molecule has 0 radical (unpaired) electrons. The molecule has 0 aromatic carbocycles. The number of hydrogen-bond acceptors (Lipinski definition) is 1. The maximum Gasteiger partial charge on any atom is 0.525 e. The van der Waals surface area contributed by atoms with Gasteiger partial charge in [0.15, 0.2) is 0 Å². The molecule has 1 nitrogen and oxygen atoms in total. The quantitative estimate of drug-likeness (QED) is 0.657. The van der Waals surface area contributed by atoms with Crippen LogP contribution in [0.15, 0.2) is 22.7 Å². The van der Waals surface area contributed by atoms with Crippen molar-refractivity contribution < 1.29 is 22.3 Å². The summed E-state index contributed by atoms with van der Waals surface area (Å²) in [5.74, 6) is -2.77. The predicted octanol–water partition coefficient (Wildman–Crippen LogP) is 3.43. The standard InChI is InChI=1S/C7H5BrF4O/c8-5-1-3-6(9,4-2-5)13-7(10,11)12/h1-3H,4H2. The molecule has 74 valence electrons. The molecule has 0 saturated heterocycles. The molecule has 13 heavy (non-hydrogen) atoms. The van der Waals surface area contributed by atoms with Gasteiger partial charge in [0.2, 0.25) is 5.85 Å². The summed E-state index contributed by atoms with van der Waals surface area (Å²) in [7, 11) is 0. The Morgan fingerprint density at radius 2 is 2.08 bits per heavy atom. The molecule has 1 aliphatic rings. The molecule has 0 amide bonds. The van der Waals surface area contributed by atoms with E-state index in [4.69, 9.17) is 0 Å². The van der Waals surface area contributed by atoms with Gasteiger partial charge in [-0.1, -0.05) is 22.0 Å². The molecule has 0 bridgehead atoms. The highest BCUT2D eigenvalue weighted by atomic mass is 79.9. The van der Waals surface area contributed by atoms with Crippen LogP contribution in [0.2, 0.25) is 0 Å².